The predicted molar refractivity (Wildman–Crippen MR) is 110 cm³/mol. The lowest BCUT2D eigenvalue weighted by atomic mass is 9.99. The molecule has 2 rings (SSSR count). The fourth-order valence-corrected chi connectivity index (χ4v) is 5.29. The summed E-state index contributed by atoms with van der Waals surface area (Å²) in [5.74, 6) is 1.10. The van der Waals surface area contributed by atoms with Crippen molar-refractivity contribution in [3.8, 4) is 5.75 Å². The summed E-state index contributed by atoms with van der Waals surface area (Å²) in [6.07, 6.45) is 1.40. The van der Waals surface area contributed by atoms with E-state index in [1.807, 2.05) is 0 Å². The number of carbonyl (C=O) groups excluding carboxylic acids is 1. The van der Waals surface area contributed by atoms with Crippen molar-refractivity contribution in [1.29, 1.82) is 0 Å². The van der Waals surface area contributed by atoms with Gasteiger partial charge in [-0.1, -0.05) is 20.8 Å². The van der Waals surface area contributed by atoms with Crippen LogP contribution in [0.25, 0.3) is 0 Å². The summed E-state index contributed by atoms with van der Waals surface area (Å²) in [5.41, 5.74) is 0. The SMILES string of the molecule is COc1ccc(S(=O)(=O)N2CCC[C@@H](C(=O)NCCSC(C)(C)C)C2)cc1. The van der Waals surface area contributed by atoms with Crippen LogP contribution in [0.2, 0.25) is 0 Å². The molecule has 1 aromatic rings. The van der Waals surface area contributed by atoms with Gasteiger partial charge >= 0.3 is 0 Å². The molecule has 6 nitrogen and oxygen atoms in total. The fourth-order valence-electron chi connectivity index (χ4n) is 2.95. The minimum Gasteiger partial charge on any atom is -0.497 e. The maximum absolute atomic E-state index is 12.9. The number of hydrogen-bond donors (Lipinski definition) is 1. The standard InChI is InChI=1S/C19H30N2O4S2/c1-19(2,3)26-13-11-20-18(22)15-6-5-12-21(14-15)27(23,24)17-9-7-16(25-4)8-10-17/h7-10,15H,5-6,11-14H2,1-4H3,(H,20,22)/t15-/m1/s1. The van der Waals surface area contributed by atoms with E-state index in [-0.39, 0.29) is 28.0 Å². The van der Waals surface area contributed by atoms with E-state index < -0.39 is 10.0 Å². The molecule has 1 amide bonds. The number of rotatable bonds is 7. The molecule has 1 heterocycles. The van der Waals surface area contributed by atoms with Crippen LogP contribution < -0.4 is 10.1 Å². The third-order valence-electron chi connectivity index (χ3n) is 4.39. The van der Waals surface area contributed by atoms with Gasteiger partial charge in [0.2, 0.25) is 15.9 Å². The van der Waals surface area contributed by atoms with Crippen LogP contribution in [0.5, 0.6) is 5.75 Å². The summed E-state index contributed by atoms with van der Waals surface area (Å²) in [6.45, 7) is 7.70. The highest BCUT2D eigenvalue weighted by molar-refractivity contribution is 8.00. The van der Waals surface area contributed by atoms with Crippen molar-refractivity contribution in [1.82, 2.24) is 9.62 Å². The molecule has 1 fully saturated rings. The Labute approximate surface area is 167 Å². The van der Waals surface area contributed by atoms with Gasteiger partial charge < -0.3 is 10.1 Å². The van der Waals surface area contributed by atoms with Crippen molar-refractivity contribution in [3.05, 3.63) is 24.3 Å². The number of amides is 1. The summed E-state index contributed by atoms with van der Waals surface area (Å²) < 4.78 is 32.4. The molecule has 0 saturated carbocycles. The van der Waals surface area contributed by atoms with Crippen LogP contribution in [-0.2, 0) is 14.8 Å². The Hall–Kier alpha value is -1.25. The highest BCUT2D eigenvalue weighted by atomic mass is 32.2. The third kappa shape index (κ3) is 6.40. The number of ether oxygens (including phenoxy) is 1. The molecule has 1 N–H and O–H groups in total. The fraction of sp³-hybridized carbons (Fsp3) is 0.632. The smallest absolute Gasteiger partial charge is 0.243 e. The van der Waals surface area contributed by atoms with Crippen molar-refractivity contribution >= 4 is 27.7 Å². The molecule has 1 aliphatic rings. The number of nitrogens with zero attached hydrogens (tertiary/aromatic N) is 1. The average molecular weight is 415 g/mol. The van der Waals surface area contributed by atoms with Gasteiger partial charge in [0, 0.05) is 30.1 Å². The number of nitrogens with one attached hydrogen (secondary N) is 1. The Kier molecular flexibility index (Phi) is 7.59. The highest BCUT2D eigenvalue weighted by Gasteiger charge is 2.33. The Bertz CT molecular complexity index is 727. The first kappa shape index (κ1) is 22.0. The molecule has 0 aliphatic carbocycles. The summed E-state index contributed by atoms with van der Waals surface area (Å²) in [5, 5.41) is 2.95. The minimum absolute atomic E-state index is 0.0564. The van der Waals surface area contributed by atoms with Gasteiger partial charge in [-0.25, -0.2) is 8.42 Å². The van der Waals surface area contributed by atoms with Gasteiger partial charge in [0.25, 0.3) is 0 Å². The van der Waals surface area contributed by atoms with Crippen LogP contribution >= 0.6 is 11.8 Å². The van der Waals surface area contributed by atoms with E-state index in [4.69, 9.17) is 4.74 Å². The number of sulfonamides is 1. The molecule has 0 spiro atoms. The number of carbonyl (C=O) groups is 1. The molecular weight excluding hydrogens is 384 g/mol. The highest BCUT2D eigenvalue weighted by Crippen LogP contribution is 2.25. The number of benzene rings is 1. The monoisotopic (exact) mass is 414 g/mol. The van der Waals surface area contributed by atoms with Crippen molar-refractivity contribution in [2.45, 2.75) is 43.3 Å². The van der Waals surface area contributed by atoms with Crippen LogP contribution in [0.1, 0.15) is 33.6 Å². The average Bonchev–Trinajstić information content (AvgIpc) is 2.64. The van der Waals surface area contributed by atoms with E-state index in [0.29, 0.717) is 31.7 Å². The molecule has 27 heavy (non-hydrogen) atoms. The molecular formula is C19H30N2O4S2. The van der Waals surface area contributed by atoms with Crippen LogP contribution in [0, 0.1) is 5.92 Å². The molecule has 0 bridgehead atoms. The maximum Gasteiger partial charge on any atom is 0.243 e. The van der Waals surface area contributed by atoms with Gasteiger partial charge in [-0.3, -0.25) is 4.79 Å². The number of methoxy groups -OCH3 is 1. The van der Waals surface area contributed by atoms with Crippen LogP contribution in [0.4, 0.5) is 0 Å². The van der Waals surface area contributed by atoms with Gasteiger partial charge in [0.1, 0.15) is 5.75 Å². The summed E-state index contributed by atoms with van der Waals surface area (Å²) in [4.78, 5) is 12.7. The first-order valence-electron chi connectivity index (χ1n) is 9.19. The third-order valence-corrected chi connectivity index (χ3v) is 7.54. The molecule has 0 radical (unpaired) electrons. The molecule has 8 heteroatoms. The minimum atomic E-state index is -3.60. The van der Waals surface area contributed by atoms with Crippen molar-refractivity contribution in [2.24, 2.45) is 5.92 Å². The Morgan fingerprint density at radius 3 is 2.56 bits per heavy atom. The Morgan fingerprint density at radius 1 is 1.30 bits per heavy atom. The van der Waals surface area contributed by atoms with Gasteiger partial charge in [-0.15, -0.1) is 0 Å². The topological polar surface area (TPSA) is 75.7 Å². The number of piperidine rings is 1. The molecule has 0 aromatic heterocycles. The van der Waals surface area contributed by atoms with Gasteiger partial charge in [-0.2, -0.15) is 16.1 Å². The lowest BCUT2D eigenvalue weighted by Crippen LogP contribution is -2.45. The van der Waals surface area contributed by atoms with E-state index >= 15 is 0 Å². The Morgan fingerprint density at radius 2 is 1.96 bits per heavy atom. The summed E-state index contributed by atoms with van der Waals surface area (Å²) in [7, 11) is -2.07. The van der Waals surface area contributed by atoms with Crippen LogP contribution in [0.15, 0.2) is 29.2 Å². The molecule has 1 saturated heterocycles. The molecule has 0 unspecified atom stereocenters. The summed E-state index contributed by atoms with van der Waals surface area (Å²) >= 11 is 1.80. The largest absolute Gasteiger partial charge is 0.497 e. The normalized spacial score (nSPS) is 18.9. The van der Waals surface area contributed by atoms with Gasteiger partial charge in [-0.05, 0) is 37.1 Å². The second-order valence-corrected chi connectivity index (χ2v) is 11.5. The number of hydrogen-bond acceptors (Lipinski definition) is 5. The van der Waals surface area contributed by atoms with Crippen molar-refractivity contribution in [2.75, 3.05) is 32.5 Å². The molecule has 1 aromatic carbocycles. The lowest BCUT2D eigenvalue weighted by molar-refractivity contribution is -0.125. The second kappa shape index (κ2) is 9.30. The van der Waals surface area contributed by atoms with Crippen molar-refractivity contribution < 1.29 is 17.9 Å². The first-order chi connectivity index (χ1) is 12.6. The first-order valence-corrected chi connectivity index (χ1v) is 11.6. The zero-order valence-electron chi connectivity index (χ0n) is 16.5. The van der Waals surface area contributed by atoms with Crippen LogP contribution in [0.3, 0.4) is 0 Å². The van der Waals surface area contributed by atoms with E-state index in [2.05, 4.69) is 26.1 Å². The van der Waals surface area contributed by atoms with Gasteiger partial charge in [0.15, 0.2) is 0 Å². The Balaban J connectivity index is 1.94. The van der Waals surface area contributed by atoms with Crippen molar-refractivity contribution in [3.63, 3.8) is 0 Å². The number of thioether (sulfide) groups is 1. The quantitative estimate of drug-likeness (QED) is 0.695. The second-order valence-electron chi connectivity index (χ2n) is 7.63. The van der Waals surface area contributed by atoms with Crippen LogP contribution in [-0.4, -0.2) is 55.9 Å². The zero-order chi connectivity index (χ0) is 20.1. The lowest BCUT2D eigenvalue weighted by Gasteiger charge is -2.31. The molecule has 1 atom stereocenters. The maximum atomic E-state index is 12.9. The molecule has 152 valence electrons. The van der Waals surface area contributed by atoms with E-state index in [0.717, 1.165) is 5.75 Å². The molecule has 1 aliphatic heterocycles. The van der Waals surface area contributed by atoms with E-state index in [1.54, 1.807) is 36.0 Å². The summed E-state index contributed by atoms with van der Waals surface area (Å²) in [6, 6.07) is 6.35. The van der Waals surface area contributed by atoms with E-state index in [9.17, 15) is 13.2 Å². The van der Waals surface area contributed by atoms with E-state index in [1.165, 1.54) is 11.4 Å². The predicted octanol–water partition coefficient (Wildman–Crippen LogP) is 2.74. The van der Waals surface area contributed by atoms with Gasteiger partial charge in [0.05, 0.1) is 17.9 Å². The zero-order valence-corrected chi connectivity index (χ0v) is 18.2.